The van der Waals surface area contributed by atoms with Crippen LogP contribution in [0.5, 0.6) is 11.5 Å². The Hall–Kier alpha value is -1.94. The summed E-state index contributed by atoms with van der Waals surface area (Å²) in [6, 6.07) is 10.0. The highest BCUT2D eigenvalue weighted by molar-refractivity contribution is 6.31. The molecule has 0 aromatic heterocycles. The van der Waals surface area contributed by atoms with E-state index in [1.54, 1.807) is 6.07 Å². The van der Waals surface area contributed by atoms with Crippen LogP contribution in [0.15, 0.2) is 36.4 Å². The molecule has 0 atom stereocenters. The van der Waals surface area contributed by atoms with Crippen LogP contribution in [-0.4, -0.2) is 13.2 Å². The molecule has 0 bridgehead atoms. The van der Waals surface area contributed by atoms with Crippen LogP contribution in [0.4, 0.5) is 10.1 Å². The third kappa shape index (κ3) is 2.80. The van der Waals surface area contributed by atoms with Crippen LogP contribution in [0.25, 0.3) is 0 Å². The second-order valence-corrected chi connectivity index (χ2v) is 4.85. The molecule has 1 aliphatic heterocycles. The molecule has 2 aromatic carbocycles. The van der Waals surface area contributed by atoms with Gasteiger partial charge in [0.25, 0.3) is 0 Å². The van der Waals surface area contributed by atoms with Gasteiger partial charge in [-0.05, 0) is 29.8 Å². The Morgan fingerprint density at radius 3 is 2.65 bits per heavy atom. The van der Waals surface area contributed by atoms with Crippen LogP contribution < -0.4 is 14.8 Å². The molecule has 1 N–H and O–H groups in total. The maximum absolute atomic E-state index is 13.0. The molecule has 1 heterocycles. The number of halogens is 2. The highest BCUT2D eigenvalue weighted by atomic mass is 35.5. The Bertz CT molecular complexity index is 633. The van der Waals surface area contributed by atoms with Crippen LogP contribution in [-0.2, 0) is 6.54 Å². The number of nitrogens with one attached hydrogen (secondary N) is 1. The van der Waals surface area contributed by atoms with Crippen molar-refractivity contribution < 1.29 is 13.9 Å². The number of rotatable bonds is 3. The molecule has 2 aromatic rings. The lowest BCUT2D eigenvalue weighted by molar-refractivity contribution is 0.171. The van der Waals surface area contributed by atoms with Gasteiger partial charge in [0.2, 0.25) is 0 Å². The highest BCUT2D eigenvalue weighted by Gasteiger charge is 2.11. The fourth-order valence-electron chi connectivity index (χ4n) is 2.02. The van der Waals surface area contributed by atoms with Gasteiger partial charge >= 0.3 is 0 Å². The molecule has 0 spiro atoms. The first-order valence-electron chi connectivity index (χ1n) is 6.30. The Kier molecular flexibility index (Phi) is 3.65. The standard InChI is InChI=1S/C15H13ClFNO2/c16-13-7-11(17)2-1-10(13)9-18-12-3-4-14-15(8-12)20-6-5-19-14/h1-4,7-8,18H,5-6,9H2. The van der Waals surface area contributed by atoms with Crippen molar-refractivity contribution in [3.05, 3.63) is 52.8 Å². The summed E-state index contributed by atoms with van der Waals surface area (Å²) in [4.78, 5) is 0. The summed E-state index contributed by atoms with van der Waals surface area (Å²) in [5, 5.41) is 3.64. The predicted molar refractivity (Wildman–Crippen MR) is 76.2 cm³/mol. The Labute approximate surface area is 121 Å². The maximum atomic E-state index is 13.0. The lowest BCUT2D eigenvalue weighted by Gasteiger charge is -2.19. The van der Waals surface area contributed by atoms with E-state index in [1.165, 1.54) is 12.1 Å². The smallest absolute Gasteiger partial charge is 0.163 e. The summed E-state index contributed by atoms with van der Waals surface area (Å²) in [5.74, 6) is 1.14. The SMILES string of the molecule is Fc1ccc(CNc2ccc3c(c2)OCCO3)c(Cl)c1. The maximum Gasteiger partial charge on any atom is 0.163 e. The lowest BCUT2D eigenvalue weighted by Crippen LogP contribution is -2.15. The molecule has 3 nitrogen and oxygen atoms in total. The molecule has 0 aliphatic carbocycles. The van der Waals surface area contributed by atoms with E-state index in [9.17, 15) is 4.39 Å². The van der Waals surface area contributed by atoms with E-state index in [0.29, 0.717) is 24.8 Å². The first-order chi connectivity index (χ1) is 9.72. The zero-order chi connectivity index (χ0) is 13.9. The molecule has 3 rings (SSSR count). The molecule has 0 saturated carbocycles. The molecular weight excluding hydrogens is 281 g/mol. The molecule has 0 fully saturated rings. The summed E-state index contributed by atoms with van der Waals surface area (Å²) < 4.78 is 23.9. The highest BCUT2D eigenvalue weighted by Crippen LogP contribution is 2.32. The molecule has 5 heteroatoms. The number of hydrogen-bond donors (Lipinski definition) is 1. The first kappa shape index (κ1) is 13.1. The van der Waals surface area contributed by atoms with Gasteiger partial charge in [-0.1, -0.05) is 17.7 Å². The Balaban J connectivity index is 1.72. The number of benzene rings is 2. The van der Waals surface area contributed by atoms with Crippen molar-refractivity contribution in [3.8, 4) is 11.5 Å². The summed E-state index contributed by atoms with van der Waals surface area (Å²) in [7, 11) is 0. The van der Waals surface area contributed by atoms with E-state index in [4.69, 9.17) is 21.1 Å². The minimum Gasteiger partial charge on any atom is -0.486 e. The summed E-state index contributed by atoms with van der Waals surface area (Å²) >= 11 is 5.99. The summed E-state index contributed by atoms with van der Waals surface area (Å²) in [6.45, 7) is 1.64. The van der Waals surface area contributed by atoms with Gasteiger partial charge in [-0.3, -0.25) is 0 Å². The third-order valence-corrected chi connectivity index (χ3v) is 3.39. The second-order valence-electron chi connectivity index (χ2n) is 4.45. The molecular formula is C15H13ClFNO2. The van der Waals surface area contributed by atoms with Crippen LogP contribution in [0.2, 0.25) is 5.02 Å². The van der Waals surface area contributed by atoms with Gasteiger partial charge < -0.3 is 14.8 Å². The van der Waals surface area contributed by atoms with E-state index >= 15 is 0 Å². The zero-order valence-electron chi connectivity index (χ0n) is 10.7. The molecule has 0 amide bonds. The van der Waals surface area contributed by atoms with Gasteiger partial charge in [-0.25, -0.2) is 4.39 Å². The van der Waals surface area contributed by atoms with Crippen LogP contribution in [0.3, 0.4) is 0 Å². The van der Waals surface area contributed by atoms with E-state index in [0.717, 1.165) is 22.7 Å². The summed E-state index contributed by atoms with van der Waals surface area (Å²) in [5.41, 5.74) is 1.73. The molecule has 0 unspecified atom stereocenters. The van der Waals surface area contributed by atoms with Crippen molar-refractivity contribution in [1.82, 2.24) is 0 Å². The summed E-state index contributed by atoms with van der Waals surface area (Å²) in [6.07, 6.45) is 0. The Morgan fingerprint density at radius 1 is 1.05 bits per heavy atom. The van der Waals surface area contributed by atoms with Crippen molar-refractivity contribution in [1.29, 1.82) is 0 Å². The monoisotopic (exact) mass is 293 g/mol. The van der Waals surface area contributed by atoms with Gasteiger partial charge in [-0.15, -0.1) is 0 Å². The minimum atomic E-state index is -0.335. The zero-order valence-corrected chi connectivity index (χ0v) is 11.4. The predicted octanol–water partition coefficient (Wildman–Crippen LogP) is 3.86. The molecule has 1 aliphatic rings. The van der Waals surface area contributed by atoms with Crippen LogP contribution in [0.1, 0.15) is 5.56 Å². The Morgan fingerprint density at radius 2 is 1.85 bits per heavy atom. The van der Waals surface area contributed by atoms with Gasteiger partial charge in [0, 0.05) is 23.3 Å². The topological polar surface area (TPSA) is 30.5 Å². The first-order valence-corrected chi connectivity index (χ1v) is 6.67. The van der Waals surface area contributed by atoms with E-state index < -0.39 is 0 Å². The molecule has 104 valence electrons. The van der Waals surface area contributed by atoms with Gasteiger partial charge in [-0.2, -0.15) is 0 Å². The van der Waals surface area contributed by atoms with Crippen molar-refractivity contribution in [2.24, 2.45) is 0 Å². The molecule has 0 saturated heterocycles. The van der Waals surface area contributed by atoms with E-state index in [2.05, 4.69) is 5.32 Å². The van der Waals surface area contributed by atoms with Gasteiger partial charge in [0.1, 0.15) is 19.0 Å². The van der Waals surface area contributed by atoms with Gasteiger partial charge in [0.05, 0.1) is 0 Å². The van der Waals surface area contributed by atoms with Crippen molar-refractivity contribution in [3.63, 3.8) is 0 Å². The van der Waals surface area contributed by atoms with Crippen molar-refractivity contribution in [2.45, 2.75) is 6.54 Å². The quantitative estimate of drug-likeness (QED) is 0.932. The number of hydrogen-bond acceptors (Lipinski definition) is 3. The molecule has 20 heavy (non-hydrogen) atoms. The van der Waals surface area contributed by atoms with E-state index in [1.807, 2.05) is 18.2 Å². The largest absolute Gasteiger partial charge is 0.486 e. The number of ether oxygens (including phenoxy) is 2. The normalized spacial score (nSPS) is 13.1. The average molecular weight is 294 g/mol. The van der Waals surface area contributed by atoms with E-state index in [-0.39, 0.29) is 5.82 Å². The fraction of sp³-hybridized carbons (Fsp3) is 0.200. The number of fused-ring (bicyclic) bond motifs is 1. The van der Waals surface area contributed by atoms with Crippen LogP contribution >= 0.6 is 11.6 Å². The number of anilines is 1. The van der Waals surface area contributed by atoms with Crippen molar-refractivity contribution >= 4 is 17.3 Å². The molecule has 0 radical (unpaired) electrons. The van der Waals surface area contributed by atoms with Crippen LogP contribution in [0, 0.1) is 5.82 Å². The minimum absolute atomic E-state index is 0.335. The third-order valence-electron chi connectivity index (χ3n) is 3.04. The fourth-order valence-corrected chi connectivity index (χ4v) is 2.25. The average Bonchev–Trinajstić information content (AvgIpc) is 2.46. The lowest BCUT2D eigenvalue weighted by atomic mass is 10.2. The van der Waals surface area contributed by atoms with Crippen molar-refractivity contribution in [2.75, 3.05) is 18.5 Å². The van der Waals surface area contributed by atoms with Gasteiger partial charge in [0.15, 0.2) is 11.5 Å². The second kappa shape index (κ2) is 5.59.